The molecule has 4 aromatic rings. The van der Waals surface area contributed by atoms with Crippen LogP contribution in [-0.4, -0.2) is 34.9 Å². The molecule has 0 saturated heterocycles. The Morgan fingerprint density at radius 1 is 1.08 bits per heavy atom. The zero-order chi connectivity index (χ0) is 28.5. The number of halogens is 6. The third-order valence-electron chi connectivity index (χ3n) is 6.77. The van der Waals surface area contributed by atoms with Gasteiger partial charge in [-0.05, 0) is 36.1 Å². The minimum atomic E-state index is -5.95. The van der Waals surface area contributed by atoms with E-state index in [0.29, 0.717) is 35.6 Å². The summed E-state index contributed by atoms with van der Waals surface area (Å²) >= 11 is 0. The summed E-state index contributed by atoms with van der Waals surface area (Å²) in [6.45, 7) is 1.39. The fourth-order valence-corrected chi connectivity index (χ4v) is 5.37. The summed E-state index contributed by atoms with van der Waals surface area (Å²) in [5.41, 5.74) is -2.63. The minimum absolute atomic E-state index is 0.106. The van der Waals surface area contributed by atoms with Crippen molar-refractivity contribution in [3.8, 4) is 22.6 Å². The average Bonchev–Trinajstić information content (AvgIpc) is 3.55. The molecule has 0 atom stereocenters. The van der Waals surface area contributed by atoms with Gasteiger partial charge in [0, 0.05) is 11.8 Å². The summed E-state index contributed by atoms with van der Waals surface area (Å²) in [6.07, 6.45) is -3.66. The van der Waals surface area contributed by atoms with Gasteiger partial charge < -0.3 is 5.21 Å². The lowest BCUT2D eigenvalue weighted by molar-refractivity contribution is -0.581. The Hall–Kier alpha value is -3.68. The number of rotatable bonds is 6. The first-order valence-electron chi connectivity index (χ1n) is 11.7. The number of fused-ring (bicyclic) bond motifs is 1. The van der Waals surface area contributed by atoms with Crippen LogP contribution in [0, 0.1) is 5.21 Å². The number of nitrogens with zero attached hydrogens (tertiary/aromatic N) is 4. The lowest BCUT2D eigenvalue weighted by Crippen LogP contribution is -2.37. The summed E-state index contributed by atoms with van der Waals surface area (Å²) < 4.78 is 108. The minimum Gasteiger partial charge on any atom is -0.711 e. The lowest BCUT2D eigenvalue weighted by atomic mass is 10.0. The maximum absolute atomic E-state index is 14.4. The van der Waals surface area contributed by atoms with Gasteiger partial charge in [-0.25, -0.2) is 27.1 Å². The molecule has 0 bridgehead atoms. The van der Waals surface area contributed by atoms with Crippen molar-refractivity contribution >= 4 is 21.0 Å². The van der Waals surface area contributed by atoms with Gasteiger partial charge in [0.15, 0.2) is 15.4 Å². The van der Waals surface area contributed by atoms with Gasteiger partial charge in [-0.1, -0.05) is 31.2 Å². The van der Waals surface area contributed by atoms with Crippen molar-refractivity contribution in [2.45, 2.75) is 42.4 Å². The van der Waals surface area contributed by atoms with Crippen LogP contribution in [0.25, 0.3) is 33.8 Å². The standard InChI is InChI=1S/C25H20F6N4O3S/c1-3-39(37,38)19-10-15(14-4-6-16(7-5-14)23(26)8-9-23)12-32-20(19)21-33-18-11-17(24(27,28)25(29,30)31)13-35(36)22(18)34(21)2/h4-7,10-13H,3,8-9H2,1-2H3. The molecule has 3 aromatic heterocycles. The first-order chi connectivity index (χ1) is 18.1. The Morgan fingerprint density at radius 3 is 2.28 bits per heavy atom. The first-order valence-corrected chi connectivity index (χ1v) is 13.3. The van der Waals surface area contributed by atoms with Crippen molar-refractivity contribution in [3.05, 3.63) is 65.1 Å². The molecule has 206 valence electrons. The SMILES string of the molecule is CCS(=O)(=O)c1cc(-c2ccc(C3(F)CC3)cc2)cnc1-c1nc2cc(C(F)(F)C(F)(F)F)c[n+]([O-])c2n1C. The molecule has 1 aliphatic carbocycles. The number of sulfone groups is 1. The predicted molar refractivity (Wildman–Crippen MR) is 128 cm³/mol. The van der Waals surface area contributed by atoms with Gasteiger partial charge in [0.1, 0.15) is 17.6 Å². The highest BCUT2D eigenvalue weighted by Gasteiger charge is 2.59. The Kier molecular flexibility index (Phi) is 5.98. The highest BCUT2D eigenvalue weighted by Crippen LogP contribution is 2.49. The van der Waals surface area contributed by atoms with Gasteiger partial charge in [-0.15, -0.1) is 0 Å². The predicted octanol–water partition coefficient (Wildman–Crippen LogP) is 5.34. The van der Waals surface area contributed by atoms with E-state index in [1.807, 2.05) is 0 Å². The second-order valence-corrected chi connectivity index (χ2v) is 11.6. The van der Waals surface area contributed by atoms with Crippen LogP contribution >= 0.6 is 0 Å². The monoisotopic (exact) mass is 570 g/mol. The molecule has 0 N–H and O–H groups in total. The Labute approximate surface area is 218 Å². The number of pyridine rings is 2. The van der Waals surface area contributed by atoms with Gasteiger partial charge in [0.05, 0.1) is 23.3 Å². The summed E-state index contributed by atoms with van der Waals surface area (Å²) in [7, 11) is -2.69. The van der Waals surface area contributed by atoms with Crippen molar-refractivity contribution in [3.63, 3.8) is 0 Å². The van der Waals surface area contributed by atoms with E-state index in [1.165, 1.54) is 26.2 Å². The summed E-state index contributed by atoms with van der Waals surface area (Å²) in [5, 5.41) is 12.5. The summed E-state index contributed by atoms with van der Waals surface area (Å²) in [5.74, 6) is -5.90. The average molecular weight is 571 g/mol. The van der Waals surface area contributed by atoms with E-state index >= 15 is 0 Å². The molecule has 5 rings (SSSR count). The zero-order valence-corrected chi connectivity index (χ0v) is 21.2. The molecule has 14 heteroatoms. The topological polar surface area (TPSA) is 91.8 Å². The molecule has 39 heavy (non-hydrogen) atoms. The summed E-state index contributed by atoms with van der Waals surface area (Å²) in [4.78, 5) is 7.99. The zero-order valence-electron chi connectivity index (χ0n) is 20.4. The van der Waals surface area contributed by atoms with Gasteiger partial charge >= 0.3 is 17.7 Å². The third kappa shape index (κ3) is 4.39. The fourth-order valence-electron chi connectivity index (χ4n) is 4.31. The molecule has 0 amide bonds. The number of hydrogen-bond acceptors (Lipinski definition) is 5. The van der Waals surface area contributed by atoms with Crippen LogP contribution in [0.2, 0.25) is 0 Å². The largest absolute Gasteiger partial charge is 0.711 e. The maximum Gasteiger partial charge on any atom is 0.458 e. The molecule has 0 radical (unpaired) electrons. The number of aryl methyl sites for hydroxylation is 1. The molecule has 1 aliphatic rings. The van der Waals surface area contributed by atoms with Crippen LogP contribution in [0.5, 0.6) is 0 Å². The van der Waals surface area contributed by atoms with Gasteiger partial charge in [-0.2, -0.15) is 26.9 Å². The second kappa shape index (κ2) is 8.66. The van der Waals surface area contributed by atoms with Crippen LogP contribution in [0.3, 0.4) is 0 Å². The third-order valence-corrected chi connectivity index (χ3v) is 8.51. The molecule has 3 heterocycles. The van der Waals surface area contributed by atoms with Crippen LogP contribution in [0.4, 0.5) is 26.3 Å². The molecule has 1 aromatic carbocycles. The molecule has 1 saturated carbocycles. The van der Waals surface area contributed by atoms with Crippen molar-refractivity contribution in [1.29, 1.82) is 0 Å². The Bertz CT molecular complexity index is 1710. The van der Waals surface area contributed by atoms with Crippen molar-refractivity contribution < 1.29 is 39.5 Å². The van der Waals surface area contributed by atoms with Crippen LogP contribution in [-0.2, 0) is 28.5 Å². The van der Waals surface area contributed by atoms with Gasteiger partial charge in [0.25, 0.3) is 0 Å². The van der Waals surface area contributed by atoms with E-state index in [0.717, 1.165) is 4.57 Å². The summed E-state index contributed by atoms with van der Waals surface area (Å²) in [6, 6.07) is 8.24. The van der Waals surface area contributed by atoms with Crippen molar-refractivity contribution in [2.75, 3.05) is 5.75 Å². The van der Waals surface area contributed by atoms with E-state index in [1.54, 1.807) is 24.3 Å². The molecular formula is C25H20F6N4O3S. The molecule has 0 spiro atoms. The maximum atomic E-state index is 14.4. The van der Waals surface area contributed by atoms with Crippen LogP contribution in [0.15, 0.2) is 53.7 Å². The van der Waals surface area contributed by atoms with E-state index in [9.17, 15) is 40.0 Å². The number of benzene rings is 1. The Morgan fingerprint density at radius 2 is 1.72 bits per heavy atom. The molecule has 0 unspecified atom stereocenters. The van der Waals surface area contributed by atoms with E-state index in [-0.39, 0.29) is 38.7 Å². The number of imidazole rings is 1. The number of alkyl halides is 6. The first kappa shape index (κ1) is 26.9. The van der Waals surface area contributed by atoms with Crippen molar-refractivity contribution in [2.24, 2.45) is 7.05 Å². The van der Waals surface area contributed by atoms with Crippen molar-refractivity contribution in [1.82, 2.24) is 14.5 Å². The highest BCUT2D eigenvalue weighted by atomic mass is 32.2. The molecular weight excluding hydrogens is 550 g/mol. The smallest absolute Gasteiger partial charge is 0.458 e. The number of hydrogen-bond donors (Lipinski definition) is 0. The highest BCUT2D eigenvalue weighted by molar-refractivity contribution is 7.91. The Balaban J connectivity index is 1.66. The molecule has 1 fully saturated rings. The van der Waals surface area contributed by atoms with E-state index < -0.39 is 38.7 Å². The van der Waals surface area contributed by atoms with E-state index in [2.05, 4.69) is 9.97 Å². The second-order valence-electron chi connectivity index (χ2n) is 9.35. The lowest BCUT2D eigenvalue weighted by Gasteiger charge is -2.20. The van der Waals surface area contributed by atoms with Gasteiger partial charge in [0.2, 0.25) is 5.82 Å². The number of aromatic nitrogens is 4. The van der Waals surface area contributed by atoms with E-state index in [4.69, 9.17) is 0 Å². The quantitative estimate of drug-likeness (QED) is 0.177. The van der Waals surface area contributed by atoms with Gasteiger partial charge in [-0.3, -0.25) is 0 Å². The molecule has 7 nitrogen and oxygen atoms in total. The van der Waals surface area contributed by atoms with Crippen LogP contribution < -0.4 is 4.73 Å². The van der Waals surface area contributed by atoms with Crippen LogP contribution in [0.1, 0.15) is 30.9 Å². The fraction of sp³-hybridized carbons (Fsp3) is 0.320. The normalized spacial score (nSPS) is 15.6. The molecule has 0 aliphatic heterocycles.